The van der Waals surface area contributed by atoms with E-state index in [1.54, 1.807) is 16.6 Å². The Labute approximate surface area is 173 Å². The van der Waals surface area contributed by atoms with Gasteiger partial charge in [-0.15, -0.1) is 0 Å². The van der Waals surface area contributed by atoms with Gasteiger partial charge < -0.3 is 19.7 Å². The van der Waals surface area contributed by atoms with Gasteiger partial charge in [-0.1, -0.05) is 0 Å². The first-order valence-corrected chi connectivity index (χ1v) is 9.66. The molecule has 4 rings (SSSR count). The molecule has 156 valence electrons. The molecule has 1 aliphatic rings. The van der Waals surface area contributed by atoms with E-state index >= 15 is 0 Å². The van der Waals surface area contributed by atoms with E-state index in [0.29, 0.717) is 30.1 Å². The number of morpholine rings is 1. The fourth-order valence-electron chi connectivity index (χ4n) is 3.56. The lowest BCUT2D eigenvalue weighted by atomic mass is 10.1. The highest BCUT2D eigenvalue weighted by Crippen LogP contribution is 2.26. The number of benzene rings is 1. The molecule has 1 N–H and O–H groups in total. The number of hydrogen-bond donors (Lipinski definition) is 1. The largest absolute Gasteiger partial charge is 0.465 e. The van der Waals surface area contributed by atoms with Crippen LogP contribution in [0.1, 0.15) is 32.1 Å². The van der Waals surface area contributed by atoms with Crippen molar-refractivity contribution in [2.75, 3.05) is 43.6 Å². The minimum absolute atomic E-state index is 0.284. The Morgan fingerprint density at radius 1 is 1.13 bits per heavy atom. The third-order valence-corrected chi connectivity index (χ3v) is 5.06. The van der Waals surface area contributed by atoms with Gasteiger partial charge in [-0.3, -0.25) is 4.79 Å². The van der Waals surface area contributed by atoms with E-state index in [2.05, 4.69) is 20.3 Å². The van der Waals surface area contributed by atoms with Gasteiger partial charge in [-0.2, -0.15) is 5.10 Å². The minimum atomic E-state index is -0.523. The van der Waals surface area contributed by atoms with Crippen molar-refractivity contribution in [3.8, 4) is 0 Å². The molecule has 0 radical (unpaired) electrons. The number of esters is 1. The van der Waals surface area contributed by atoms with Crippen LogP contribution in [0.4, 0.5) is 11.4 Å². The van der Waals surface area contributed by atoms with E-state index in [-0.39, 0.29) is 5.56 Å². The van der Waals surface area contributed by atoms with E-state index in [9.17, 15) is 9.59 Å². The molecule has 30 heavy (non-hydrogen) atoms. The second kappa shape index (κ2) is 8.11. The molecule has 3 aromatic rings. The molecule has 9 heteroatoms. The highest BCUT2D eigenvalue weighted by atomic mass is 16.5. The second-order valence-electron chi connectivity index (χ2n) is 7.11. The van der Waals surface area contributed by atoms with Gasteiger partial charge in [0.05, 0.1) is 37.8 Å². The smallest absolute Gasteiger partial charge is 0.340 e. The Morgan fingerprint density at radius 2 is 1.90 bits per heavy atom. The third-order valence-electron chi connectivity index (χ3n) is 5.06. The Kier molecular flexibility index (Phi) is 5.37. The molecule has 0 aliphatic carbocycles. The number of fused-ring (bicyclic) bond motifs is 1. The number of carbonyl (C=O) groups excluding carboxylic acids is 2. The van der Waals surface area contributed by atoms with Crippen LogP contribution < -0.4 is 10.2 Å². The van der Waals surface area contributed by atoms with Crippen LogP contribution in [0.5, 0.6) is 0 Å². The molecule has 0 unspecified atom stereocenters. The number of aromatic nitrogens is 3. The lowest BCUT2D eigenvalue weighted by Crippen LogP contribution is -2.36. The van der Waals surface area contributed by atoms with Crippen LogP contribution in [0.3, 0.4) is 0 Å². The minimum Gasteiger partial charge on any atom is -0.465 e. The molecule has 1 aromatic carbocycles. The standard InChI is InChI=1S/C21H23N5O4/c1-13-10-14(2)26-19(23-13)17(12-22-26)20(27)24-18-5-4-15(11-16(18)21(28)29-3)25-6-8-30-9-7-25/h4-5,10-12H,6-9H2,1-3H3,(H,24,27). The maximum Gasteiger partial charge on any atom is 0.340 e. The van der Waals surface area contributed by atoms with Crippen molar-refractivity contribution in [2.24, 2.45) is 0 Å². The number of aryl methyl sites for hydroxylation is 2. The number of nitrogens with zero attached hydrogens (tertiary/aromatic N) is 4. The van der Waals surface area contributed by atoms with Crippen LogP contribution in [0.2, 0.25) is 0 Å². The first-order valence-electron chi connectivity index (χ1n) is 9.66. The summed E-state index contributed by atoms with van der Waals surface area (Å²) in [5.41, 5.74) is 3.99. The average Bonchev–Trinajstić information content (AvgIpc) is 3.18. The van der Waals surface area contributed by atoms with Crippen LogP contribution >= 0.6 is 0 Å². The van der Waals surface area contributed by atoms with Gasteiger partial charge in [-0.25, -0.2) is 14.3 Å². The van der Waals surface area contributed by atoms with Crippen molar-refractivity contribution < 1.29 is 19.1 Å². The summed E-state index contributed by atoms with van der Waals surface area (Å²) in [5.74, 6) is -0.920. The summed E-state index contributed by atoms with van der Waals surface area (Å²) in [6.07, 6.45) is 1.48. The number of anilines is 2. The normalized spacial score (nSPS) is 14.0. The van der Waals surface area contributed by atoms with Crippen molar-refractivity contribution >= 4 is 28.9 Å². The lowest BCUT2D eigenvalue weighted by molar-refractivity contribution is 0.0602. The molecule has 0 saturated carbocycles. The van der Waals surface area contributed by atoms with Crippen molar-refractivity contribution in [2.45, 2.75) is 13.8 Å². The number of carbonyl (C=O) groups is 2. The Hall–Kier alpha value is -3.46. The maximum atomic E-state index is 13.0. The molecular formula is C21H23N5O4. The van der Waals surface area contributed by atoms with Gasteiger partial charge in [0.25, 0.3) is 5.91 Å². The van der Waals surface area contributed by atoms with Crippen LogP contribution in [0, 0.1) is 13.8 Å². The van der Waals surface area contributed by atoms with Gasteiger partial charge in [0, 0.05) is 30.2 Å². The summed E-state index contributed by atoms with van der Waals surface area (Å²) in [7, 11) is 1.32. The third kappa shape index (κ3) is 3.71. The zero-order valence-electron chi connectivity index (χ0n) is 17.1. The molecule has 1 amide bonds. The number of nitrogens with one attached hydrogen (secondary N) is 1. The van der Waals surface area contributed by atoms with E-state index in [4.69, 9.17) is 9.47 Å². The number of methoxy groups -OCH3 is 1. The zero-order chi connectivity index (χ0) is 21.3. The van der Waals surface area contributed by atoms with E-state index in [1.807, 2.05) is 26.0 Å². The molecule has 9 nitrogen and oxygen atoms in total. The molecule has 0 spiro atoms. The van der Waals surface area contributed by atoms with E-state index < -0.39 is 11.9 Å². The Bertz CT molecular complexity index is 1120. The van der Waals surface area contributed by atoms with Gasteiger partial charge in [-0.05, 0) is 38.1 Å². The van der Waals surface area contributed by atoms with Crippen molar-refractivity contribution in [1.29, 1.82) is 0 Å². The number of ether oxygens (including phenoxy) is 2. The zero-order valence-corrected chi connectivity index (χ0v) is 17.1. The van der Waals surface area contributed by atoms with Crippen LogP contribution in [0.15, 0.2) is 30.5 Å². The van der Waals surface area contributed by atoms with Gasteiger partial charge in [0.2, 0.25) is 0 Å². The summed E-state index contributed by atoms with van der Waals surface area (Å²) >= 11 is 0. The predicted molar refractivity (Wildman–Crippen MR) is 111 cm³/mol. The van der Waals surface area contributed by atoms with Crippen molar-refractivity contribution in [3.05, 3.63) is 53.0 Å². The quantitative estimate of drug-likeness (QED) is 0.660. The maximum absolute atomic E-state index is 13.0. The predicted octanol–water partition coefficient (Wildman–Crippen LogP) is 2.22. The molecule has 0 atom stereocenters. The average molecular weight is 409 g/mol. The summed E-state index contributed by atoms with van der Waals surface area (Å²) in [4.78, 5) is 31.9. The summed E-state index contributed by atoms with van der Waals surface area (Å²) in [6, 6.07) is 7.21. The fourth-order valence-corrected chi connectivity index (χ4v) is 3.56. The highest BCUT2D eigenvalue weighted by molar-refractivity contribution is 6.11. The molecule has 1 aliphatic heterocycles. The van der Waals surface area contributed by atoms with Crippen molar-refractivity contribution in [1.82, 2.24) is 14.6 Å². The first kappa shape index (κ1) is 19.8. The van der Waals surface area contributed by atoms with Crippen LogP contribution in [-0.4, -0.2) is 59.9 Å². The van der Waals surface area contributed by atoms with Gasteiger partial charge in [0.1, 0.15) is 5.56 Å². The SMILES string of the molecule is COC(=O)c1cc(N2CCOCC2)ccc1NC(=O)c1cnn2c(C)cc(C)nc12. The van der Waals surface area contributed by atoms with Crippen LogP contribution in [0.25, 0.3) is 5.65 Å². The molecule has 0 bridgehead atoms. The first-order chi connectivity index (χ1) is 14.5. The Balaban J connectivity index is 1.66. The topological polar surface area (TPSA) is 98.1 Å². The number of amides is 1. The fraction of sp³-hybridized carbons (Fsp3) is 0.333. The molecule has 1 fully saturated rings. The van der Waals surface area contributed by atoms with E-state index in [1.165, 1.54) is 13.3 Å². The van der Waals surface area contributed by atoms with Crippen molar-refractivity contribution in [3.63, 3.8) is 0 Å². The number of rotatable bonds is 4. The summed E-state index contributed by atoms with van der Waals surface area (Å²) in [5, 5.41) is 7.07. The molecular weight excluding hydrogens is 386 g/mol. The molecule has 2 aromatic heterocycles. The van der Waals surface area contributed by atoms with Crippen LogP contribution in [-0.2, 0) is 9.47 Å². The van der Waals surface area contributed by atoms with E-state index in [0.717, 1.165) is 30.2 Å². The van der Waals surface area contributed by atoms with Gasteiger partial charge >= 0.3 is 5.97 Å². The molecule has 3 heterocycles. The summed E-state index contributed by atoms with van der Waals surface area (Å²) in [6.45, 7) is 6.49. The molecule has 1 saturated heterocycles. The second-order valence-corrected chi connectivity index (χ2v) is 7.11. The monoisotopic (exact) mass is 409 g/mol. The lowest BCUT2D eigenvalue weighted by Gasteiger charge is -2.29. The van der Waals surface area contributed by atoms with Gasteiger partial charge in [0.15, 0.2) is 5.65 Å². The highest BCUT2D eigenvalue weighted by Gasteiger charge is 2.21. The summed E-state index contributed by atoms with van der Waals surface area (Å²) < 4.78 is 11.9. The number of hydrogen-bond acceptors (Lipinski definition) is 7. The Morgan fingerprint density at radius 3 is 2.63 bits per heavy atom.